The van der Waals surface area contributed by atoms with Crippen LogP contribution in [0.25, 0.3) is 0 Å². The molecule has 6 N–H and O–H groups in total. The lowest BCUT2D eigenvalue weighted by Crippen LogP contribution is -2.52. The van der Waals surface area contributed by atoms with Crippen molar-refractivity contribution >= 4 is 22.0 Å². The Morgan fingerprint density at radius 2 is 1.88 bits per heavy atom. The Balaban J connectivity index is 4.41. The first-order valence-electron chi connectivity index (χ1n) is 4.02. The van der Waals surface area contributed by atoms with Crippen molar-refractivity contribution in [1.82, 2.24) is 5.32 Å². The van der Waals surface area contributed by atoms with Gasteiger partial charge in [0.2, 0.25) is 5.91 Å². The fourth-order valence-corrected chi connectivity index (χ4v) is 1.37. The second kappa shape index (κ2) is 5.75. The first kappa shape index (κ1) is 14.8. The minimum atomic E-state index is -4.43. The van der Waals surface area contributed by atoms with Gasteiger partial charge in [-0.1, -0.05) is 0 Å². The van der Waals surface area contributed by atoms with Gasteiger partial charge in [-0.25, -0.2) is 4.79 Å². The van der Waals surface area contributed by atoms with Gasteiger partial charge in [-0.2, -0.15) is 8.42 Å². The molecule has 2 atom stereocenters. The van der Waals surface area contributed by atoms with Crippen molar-refractivity contribution in [1.29, 1.82) is 0 Å². The molecule has 0 aromatic carbocycles. The molecule has 16 heavy (non-hydrogen) atoms. The Morgan fingerprint density at radius 1 is 1.38 bits per heavy atom. The molecule has 0 aromatic heterocycles. The number of hydrogen-bond acceptors (Lipinski definition) is 6. The minimum Gasteiger partial charge on any atom is -0.480 e. The lowest BCUT2D eigenvalue weighted by Gasteiger charge is -2.14. The van der Waals surface area contributed by atoms with Gasteiger partial charge in [-0.05, 0) is 0 Å². The molecule has 10 heteroatoms. The third kappa shape index (κ3) is 5.60. The smallest absolute Gasteiger partial charge is 0.328 e. The van der Waals surface area contributed by atoms with E-state index in [2.05, 4.69) is 0 Å². The molecule has 0 rings (SSSR count). The number of aliphatic hydroxyl groups is 1. The zero-order chi connectivity index (χ0) is 12.9. The molecule has 0 heterocycles. The van der Waals surface area contributed by atoms with Gasteiger partial charge in [-0.3, -0.25) is 9.35 Å². The number of rotatable bonds is 6. The summed E-state index contributed by atoms with van der Waals surface area (Å²) in [5.41, 5.74) is 5.08. The predicted octanol–water partition coefficient (Wildman–Crippen LogP) is -3.24. The van der Waals surface area contributed by atoms with E-state index in [4.69, 9.17) is 20.5 Å². The Kier molecular flexibility index (Phi) is 5.30. The highest BCUT2D eigenvalue weighted by Crippen LogP contribution is 1.90. The number of aliphatic hydroxyl groups excluding tert-OH is 1. The van der Waals surface area contributed by atoms with Gasteiger partial charge in [0, 0.05) is 0 Å². The predicted molar refractivity (Wildman–Crippen MR) is 51.0 cm³/mol. The van der Waals surface area contributed by atoms with Crippen LogP contribution < -0.4 is 11.1 Å². The van der Waals surface area contributed by atoms with Gasteiger partial charge in [0.05, 0.1) is 12.4 Å². The molecular formula is C6H12N2O7S. The summed E-state index contributed by atoms with van der Waals surface area (Å²) in [6.07, 6.45) is 0. The van der Waals surface area contributed by atoms with Gasteiger partial charge in [0.15, 0.2) is 0 Å². The van der Waals surface area contributed by atoms with Crippen molar-refractivity contribution in [2.45, 2.75) is 12.1 Å². The third-order valence-electron chi connectivity index (χ3n) is 1.52. The number of carboxylic acids is 1. The molecular weight excluding hydrogens is 244 g/mol. The van der Waals surface area contributed by atoms with Crippen molar-refractivity contribution in [2.24, 2.45) is 5.73 Å². The molecule has 2 unspecified atom stereocenters. The van der Waals surface area contributed by atoms with Crippen LogP contribution >= 0.6 is 0 Å². The summed E-state index contributed by atoms with van der Waals surface area (Å²) < 4.78 is 29.1. The molecule has 94 valence electrons. The molecule has 0 bridgehead atoms. The topological polar surface area (TPSA) is 167 Å². The monoisotopic (exact) mass is 256 g/mol. The van der Waals surface area contributed by atoms with Crippen molar-refractivity contribution in [3.8, 4) is 0 Å². The van der Waals surface area contributed by atoms with Gasteiger partial charge < -0.3 is 21.3 Å². The molecule has 0 aliphatic carbocycles. The van der Waals surface area contributed by atoms with Gasteiger partial charge in [-0.15, -0.1) is 0 Å². The molecule has 0 saturated heterocycles. The highest BCUT2D eigenvalue weighted by atomic mass is 32.2. The van der Waals surface area contributed by atoms with E-state index in [-0.39, 0.29) is 0 Å². The Bertz CT molecular complexity index is 365. The molecule has 9 nitrogen and oxygen atoms in total. The lowest BCUT2D eigenvalue weighted by atomic mass is 10.2. The molecule has 0 aliphatic heterocycles. The maximum atomic E-state index is 11.1. The largest absolute Gasteiger partial charge is 0.480 e. The summed E-state index contributed by atoms with van der Waals surface area (Å²) in [4.78, 5) is 21.5. The maximum absolute atomic E-state index is 11.1. The van der Waals surface area contributed by atoms with Crippen LogP contribution in [0, 0.1) is 0 Å². The van der Waals surface area contributed by atoms with E-state index < -0.39 is 46.4 Å². The summed E-state index contributed by atoms with van der Waals surface area (Å²) in [5.74, 6) is -3.62. The Morgan fingerprint density at radius 3 is 2.19 bits per heavy atom. The van der Waals surface area contributed by atoms with Crippen molar-refractivity contribution in [2.75, 3.05) is 12.4 Å². The Hall–Kier alpha value is -1.23. The van der Waals surface area contributed by atoms with Crippen molar-refractivity contribution < 1.29 is 32.8 Å². The highest BCUT2D eigenvalue weighted by molar-refractivity contribution is 7.85. The average molecular weight is 256 g/mol. The molecule has 0 aliphatic rings. The van der Waals surface area contributed by atoms with Gasteiger partial charge >= 0.3 is 5.97 Å². The second-order valence-electron chi connectivity index (χ2n) is 2.94. The number of carbonyl (C=O) groups is 2. The second-order valence-corrected chi connectivity index (χ2v) is 4.43. The van der Waals surface area contributed by atoms with Crippen LogP contribution in [0.1, 0.15) is 0 Å². The van der Waals surface area contributed by atoms with Crippen LogP contribution in [0.2, 0.25) is 0 Å². The maximum Gasteiger partial charge on any atom is 0.328 e. The fourth-order valence-electron chi connectivity index (χ4n) is 0.767. The minimum absolute atomic E-state index is 0.861. The van der Waals surface area contributed by atoms with Crippen molar-refractivity contribution in [3.63, 3.8) is 0 Å². The van der Waals surface area contributed by atoms with E-state index in [0.29, 0.717) is 0 Å². The normalized spacial score (nSPS) is 15.2. The van der Waals surface area contributed by atoms with E-state index >= 15 is 0 Å². The van der Waals surface area contributed by atoms with Crippen LogP contribution in [-0.4, -0.2) is 59.5 Å². The Labute approximate surface area is 91.0 Å². The van der Waals surface area contributed by atoms with E-state index in [1.54, 1.807) is 5.32 Å². The molecule has 0 fully saturated rings. The number of carboxylic acid groups (broad SMARTS) is 1. The van der Waals surface area contributed by atoms with E-state index in [0.717, 1.165) is 0 Å². The summed E-state index contributed by atoms with van der Waals surface area (Å²) >= 11 is 0. The molecule has 0 spiro atoms. The first-order chi connectivity index (χ1) is 7.17. The zero-order valence-corrected chi connectivity index (χ0v) is 8.85. The summed E-state index contributed by atoms with van der Waals surface area (Å²) in [6.45, 7) is -0.861. The molecule has 0 saturated carbocycles. The number of nitrogens with one attached hydrogen (secondary N) is 1. The average Bonchev–Trinajstić information content (AvgIpc) is 2.10. The number of carbonyl (C=O) groups excluding carboxylic acids is 1. The quantitative estimate of drug-likeness (QED) is 0.309. The first-order valence-corrected chi connectivity index (χ1v) is 5.63. The number of nitrogens with two attached hydrogens (primary N) is 1. The molecule has 0 aromatic rings. The molecule has 1 amide bonds. The lowest BCUT2D eigenvalue weighted by molar-refractivity contribution is -0.143. The number of aliphatic carboxylic acids is 1. The SMILES string of the molecule is NC(CS(=O)(=O)O)C(=O)NC(CO)C(=O)O. The van der Waals surface area contributed by atoms with E-state index in [1.807, 2.05) is 0 Å². The summed E-state index contributed by atoms with van der Waals surface area (Å²) in [5, 5.41) is 18.8. The summed E-state index contributed by atoms with van der Waals surface area (Å²) in [7, 11) is -4.43. The van der Waals surface area contributed by atoms with Crippen molar-refractivity contribution in [3.05, 3.63) is 0 Å². The fraction of sp³-hybridized carbons (Fsp3) is 0.667. The standard InChI is InChI=1S/C6H12N2O7S/c7-3(2-16(13,14)15)5(10)8-4(1-9)6(11)12/h3-4,9H,1-2,7H2,(H,8,10)(H,11,12)(H,13,14,15). The van der Waals surface area contributed by atoms with Crippen LogP contribution in [0.5, 0.6) is 0 Å². The van der Waals surface area contributed by atoms with Gasteiger partial charge in [0.1, 0.15) is 12.1 Å². The van der Waals surface area contributed by atoms with Crippen LogP contribution in [0.4, 0.5) is 0 Å². The highest BCUT2D eigenvalue weighted by Gasteiger charge is 2.25. The van der Waals surface area contributed by atoms with Crippen LogP contribution in [0.15, 0.2) is 0 Å². The van der Waals surface area contributed by atoms with E-state index in [1.165, 1.54) is 0 Å². The third-order valence-corrected chi connectivity index (χ3v) is 2.30. The number of hydrogen-bond donors (Lipinski definition) is 5. The summed E-state index contributed by atoms with van der Waals surface area (Å²) in [6, 6.07) is -3.18. The molecule has 0 radical (unpaired) electrons. The number of amides is 1. The van der Waals surface area contributed by atoms with Crippen LogP contribution in [-0.2, 0) is 19.7 Å². The zero-order valence-electron chi connectivity index (χ0n) is 8.03. The van der Waals surface area contributed by atoms with Gasteiger partial charge in [0.25, 0.3) is 10.1 Å². The van der Waals surface area contributed by atoms with E-state index in [9.17, 15) is 18.0 Å². The van der Waals surface area contributed by atoms with Crippen LogP contribution in [0.3, 0.4) is 0 Å².